The number of hydrogen-bond donors (Lipinski definition) is 2. The minimum Gasteiger partial charge on any atom is -0.356 e. The molecule has 1 spiro atoms. The lowest BCUT2D eigenvalue weighted by Crippen LogP contribution is -2.52. The van der Waals surface area contributed by atoms with Crippen molar-refractivity contribution in [1.82, 2.24) is 15.5 Å². The maximum atomic E-state index is 13.2. The van der Waals surface area contributed by atoms with Gasteiger partial charge >= 0.3 is 6.36 Å². The molecule has 3 amide bonds. The summed E-state index contributed by atoms with van der Waals surface area (Å²) >= 11 is 0. The van der Waals surface area contributed by atoms with E-state index >= 15 is 0 Å². The lowest BCUT2D eigenvalue weighted by Gasteiger charge is -2.27. The summed E-state index contributed by atoms with van der Waals surface area (Å²) in [6.45, 7) is -2.65. The van der Waals surface area contributed by atoms with E-state index in [1.807, 2.05) is 0 Å². The summed E-state index contributed by atoms with van der Waals surface area (Å²) in [5.41, 5.74) is -0.180. The Labute approximate surface area is 195 Å². The molecule has 1 aliphatic carbocycles. The fourth-order valence-corrected chi connectivity index (χ4v) is 4.58. The van der Waals surface area contributed by atoms with Crippen LogP contribution in [0.5, 0.6) is 0 Å². The molecule has 0 aromatic carbocycles. The Kier molecular flexibility index (Phi) is 6.73. The van der Waals surface area contributed by atoms with Crippen LogP contribution in [0, 0.1) is 11.3 Å². The van der Waals surface area contributed by atoms with Gasteiger partial charge in [0.05, 0.1) is 6.04 Å². The van der Waals surface area contributed by atoms with Gasteiger partial charge in [0.1, 0.15) is 12.6 Å². The van der Waals surface area contributed by atoms with Crippen molar-refractivity contribution in [3.63, 3.8) is 0 Å². The largest absolute Gasteiger partial charge is 0.522 e. The Bertz CT molecular complexity index is 864. The quantitative estimate of drug-likeness (QED) is 0.443. The second-order valence-corrected chi connectivity index (χ2v) is 9.22. The first-order valence-electron chi connectivity index (χ1n) is 12.8. The molecule has 0 bridgehead atoms. The molecule has 0 unspecified atom stereocenters. The zero-order valence-electron chi connectivity index (χ0n) is 21.3. The maximum absolute atomic E-state index is 13.2. The minimum absolute atomic E-state index is 0.0212. The van der Waals surface area contributed by atoms with Crippen molar-refractivity contribution in [1.29, 1.82) is 0 Å². The first-order valence-corrected chi connectivity index (χ1v) is 11.3. The fraction of sp³-hybridized carbons (Fsp3) is 0.818. The summed E-state index contributed by atoms with van der Waals surface area (Å²) in [6, 6.07) is -2.26. The number of nitrogens with one attached hydrogen (secondary N) is 2. The van der Waals surface area contributed by atoms with E-state index in [0.717, 1.165) is 12.8 Å². The number of likely N-dealkylation sites (tertiary alicyclic amines) is 1. The Hall–Kier alpha value is -2.17. The summed E-state index contributed by atoms with van der Waals surface area (Å²) in [5.74, 6) is -2.95. The molecule has 3 aliphatic rings. The molecule has 2 saturated heterocycles. The van der Waals surface area contributed by atoms with Crippen LogP contribution in [0.4, 0.5) is 13.2 Å². The van der Waals surface area contributed by atoms with E-state index in [9.17, 15) is 32.3 Å². The van der Waals surface area contributed by atoms with Crippen LogP contribution in [0.3, 0.4) is 0 Å². The van der Waals surface area contributed by atoms with Crippen molar-refractivity contribution in [2.24, 2.45) is 11.3 Å². The number of unbranched alkanes of at least 4 members (excludes halogenated alkanes) is 1. The van der Waals surface area contributed by atoms with E-state index < -0.39 is 49.5 Å². The van der Waals surface area contributed by atoms with Gasteiger partial charge in [0.15, 0.2) is 5.78 Å². The molecular weight excluding hydrogens is 443 g/mol. The number of ether oxygens (including phenoxy) is 1. The number of rotatable bonds is 11. The Morgan fingerprint density at radius 3 is 2.70 bits per heavy atom. The molecule has 0 aromatic heterocycles. The molecule has 0 radical (unpaired) electrons. The lowest BCUT2D eigenvalue weighted by atomic mass is 9.95. The summed E-state index contributed by atoms with van der Waals surface area (Å²) < 4.78 is 62.8. The highest BCUT2D eigenvalue weighted by Crippen LogP contribution is 2.55. The number of nitrogens with zero attached hydrogens (tertiary/aromatic N) is 1. The summed E-state index contributed by atoms with van der Waals surface area (Å²) in [7, 11) is 0. The van der Waals surface area contributed by atoms with Crippen molar-refractivity contribution in [2.75, 3.05) is 19.7 Å². The van der Waals surface area contributed by atoms with Gasteiger partial charge in [-0.3, -0.25) is 23.9 Å². The zero-order valence-corrected chi connectivity index (χ0v) is 18.3. The molecule has 0 aromatic rings. The smallest absolute Gasteiger partial charge is 0.356 e. The number of ketones is 1. The monoisotopic (exact) mass is 478 g/mol. The van der Waals surface area contributed by atoms with Crippen LogP contribution in [-0.2, 0) is 23.9 Å². The second-order valence-electron chi connectivity index (χ2n) is 9.22. The molecule has 2 aliphatic heterocycles. The highest BCUT2D eigenvalue weighted by molar-refractivity contribution is 5.94. The molecular formula is C22H32F3N3O5. The van der Waals surface area contributed by atoms with Crippen LogP contribution in [-0.4, -0.2) is 66.5 Å². The van der Waals surface area contributed by atoms with Crippen LogP contribution >= 0.6 is 0 Å². The number of alkyl halides is 3. The van der Waals surface area contributed by atoms with Gasteiger partial charge in [-0.1, -0.05) is 19.7 Å². The van der Waals surface area contributed by atoms with E-state index in [2.05, 4.69) is 15.4 Å². The number of carbonyl (C=O) groups is 4. The molecule has 186 valence electrons. The van der Waals surface area contributed by atoms with Crippen LogP contribution in [0.15, 0.2) is 0 Å². The molecule has 2 N–H and O–H groups in total. The third-order valence-electron chi connectivity index (χ3n) is 6.67. The van der Waals surface area contributed by atoms with E-state index in [-0.39, 0.29) is 36.5 Å². The Balaban J connectivity index is 1.65. The summed E-state index contributed by atoms with van der Waals surface area (Å²) in [5, 5.41) is 5.09. The number of carbonyl (C=O) groups excluding carboxylic acids is 4. The van der Waals surface area contributed by atoms with Gasteiger partial charge in [0, 0.05) is 29.5 Å². The molecule has 2 heterocycles. The van der Waals surface area contributed by atoms with Gasteiger partial charge in [-0.15, -0.1) is 13.2 Å². The van der Waals surface area contributed by atoms with Crippen LogP contribution < -0.4 is 10.6 Å². The van der Waals surface area contributed by atoms with Gasteiger partial charge in [-0.05, 0) is 43.9 Å². The number of Topliss-reactive ketones (excluding diaryl/α,β-unsaturated/α-hetero) is 1. The highest BCUT2D eigenvalue weighted by Gasteiger charge is 2.55. The van der Waals surface area contributed by atoms with Crippen molar-refractivity contribution in [3.8, 4) is 0 Å². The fourth-order valence-electron chi connectivity index (χ4n) is 4.58. The predicted octanol–water partition coefficient (Wildman–Crippen LogP) is 2.06. The molecule has 33 heavy (non-hydrogen) atoms. The summed E-state index contributed by atoms with van der Waals surface area (Å²) in [4.78, 5) is 52.1. The van der Waals surface area contributed by atoms with Gasteiger partial charge < -0.3 is 15.5 Å². The molecule has 11 heteroatoms. The van der Waals surface area contributed by atoms with Gasteiger partial charge in [-0.2, -0.15) is 0 Å². The number of amides is 3. The van der Waals surface area contributed by atoms with E-state index in [0.29, 0.717) is 38.8 Å². The standard InChI is InChI=1S/C22H32F3N3O5/c1-2-3-4-5-18(30)28-13-21(7-8-21)11-16(28)20(32)27-15(10-14-6-9-26-19(14)31)17(29)12-33-22(23,24)25/h14-16H,2-13H2,1H3,(H,26,31)(H,27,32)/t14-,15-,16-/m0/s1/i1D3. The average Bonchev–Trinajstić information content (AvgIpc) is 3.22. The first-order chi connectivity index (χ1) is 16.7. The maximum Gasteiger partial charge on any atom is 0.522 e. The number of halogens is 3. The van der Waals surface area contributed by atoms with Gasteiger partial charge in [0.25, 0.3) is 0 Å². The third-order valence-corrected chi connectivity index (χ3v) is 6.67. The zero-order chi connectivity index (χ0) is 26.7. The highest BCUT2D eigenvalue weighted by atomic mass is 19.4. The Morgan fingerprint density at radius 2 is 2.09 bits per heavy atom. The van der Waals surface area contributed by atoms with Gasteiger partial charge in [-0.25, -0.2) is 0 Å². The van der Waals surface area contributed by atoms with E-state index in [4.69, 9.17) is 4.11 Å². The molecule has 3 fully saturated rings. The topological polar surface area (TPSA) is 105 Å². The normalized spacial score (nSPS) is 26.3. The van der Waals surface area contributed by atoms with Crippen LogP contribution in [0.1, 0.15) is 68.8 Å². The average molecular weight is 479 g/mol. The Morgan fingerprint density at radius 1 is 1.33 bits per heavy atom. The van der Waals surface area contributed by atoms with Gasteiger partial charge in [0.2, 0.25) is 17.7 Å². The van der Waals surface area contributed by atoms with Crippen LogP contribution in [0.25, 0.3) is 0 Å². The van der Waals surface area contributed by atoms with Crippen LogP contribution in [0.2, 0.25) is 0 Å². The number of hydrogen-bond acceptors (Lipinski definition) is 5. The van der Waals surface area contributed by atoms with Crippen molar-refractivity contribution >= 4 is 23.5 Å². The molecule has 3 atom stereocenters. The third kappa shape index (κ3) is 6.91. The SMILES string of the molecule is [2H]C([2H])([2H])CCCCC(=O)N1CC2(CC2)C[C@H]1C(=O)N[C@@H](C[C@@H]1CCNC1=O)C(=O)COC(F)(F)F. The lowest BCUT2D eigenvalue weighted by molar-refractivity contribution is -0.321. The predicted molar refractivity (Wildman–Crippen MR) is 111 cm³/mol. The van der Waals surface area contributed by atoms with Crippen molar-refractivity contribution in [3.05, 3.63) is 0 Å². The molecule has 3 rings (SSSR count). The van der Waals surface area contributed by atoms with E-state index in [1.54, 1.807) is 0 Å². The molecule has 1 saturated carbocycles. The first kappa shape index (κ1) is 21.4. The van der Waals surface area contributed by atoms with Crippen molar-refractivity contribution < 1.29 is 41.2 Å². The summed E-state index contributed by atoms with van der Waals surface area (Å²) in [6.07, 6.45) is -2.03. The minimum atomic E-state index is -5.03. The molecule has 8 nitrogen and oxygen atoms in total. The van der Waals surface area contributed by atoms with E-state index in [1.165, 1.54) is 4.90 Å². The second kappa shape index (κ2) is 10.4. The van der Waals surface area contributed by atoms with Crippen molar-refractivity contribution in [2.45, 2.75) is 83.1 Å².